The molecule has 0 atom stereocenters. The maximum Gasteiger partial charge on any atom is 0.225 e. The summed E-state index contributed by atoms with van der Waals surface area (Å²) < 4.78 is 10.7. The summed E-state index contributed by atoms with van der Waals surface area (Å²) in [6.07, 6.45) is 0.438. The first-order chi connectivity index (χ1) is 9.56. The van der Waals surface area contributed by atoms with Crippen LogP contribution >= 0.6 is 0 Å². The van der Waals surface area contributed by atoms with E-state index in [-0.39, 0.29) is 5.91 Å². The molecule has 112 valence electrons. The molecule has 1 amide bonds. The van der Waals surface area contributed by atoms with E-state index >= 15 is 0 Å². The van der Waals surface area contributed by atoms with E-state index in [9.17, 15) is 4.79 Å². The number of ether oxygens (including phenoxy) is 2. The monoisotopic (exact) mass is 280 g/mol. The van der Waals surface area contributed by atoms with Gasteiger partial charge in [0.15, 0.2) is 11.5 Å². The molecule has 0 aliphatic heterocycles. The lowest BCUT2D eigenvalue weighted by molar-refractivity contribution is -0.116. The number of benzene rings is 1. The van der Waals surface area contributed by atoms with Gasteiger partial charge in [-0.15, -0.1) is 0 Å². The Hall–Kier alpha value is -1.75. The van der Waals surface area contributed by atoms with Gasteiger partial charge in [-0.3, -0.25) is 4.79 Å². The molecule has 0 aromatic heterocycles. The summed E-state index contributed by atoms with van der Waals surface area (Å²) in [5.74, 6) is 1.27. The summed E-state index contributed by atoms with van der Waals surface area (Å²) in [6.45, 7) is 7.25. The van der Waals surface area contributed by atoms with Crippen LogP contribution in [0.3, 0.4) is 0 Å². The van der Waals surface area contributed by atoms with Crippen LogP contribution in [0.1, 0.15) is 27.2 Å². The average Bonchev–Trinajstić information content (AvgIpc) is 2.40. The molecule has 1 aromatic carbocycles. The van der Waals surface area contributed by atoms with Gasteiger partial charge in [0.1, 0.15) is 0 Å². The Morgan fingerprint density at radius 3 is 2.65 bits per heavy atom. The third-order valence-corrected chi connectivity index (χ3v) is 2.65. The number of hydrogen-bond donors (Lipinski definition) is 2. The fraction of sp³-hybridized carbons (Fsp3) is 0.533. The van der Waals surface area contributed by atoms with E-state index in [4.69, 9.17) is 9.47 Å². The highest BCUT2D eigenvalue weighted by Gasteiger charge is 2.08. The Morgan fingerprint density at radius 1 is 1.30 bits per heavy atom. The van der Waals surface area contributed by atoms with E-state index in [1.54, 1.807) is 25.3 Å². The third kappa shape index (κ3) is 5.48. The van der Waals surface area contributed by atoms with Gasteiger partial charge in [0.05, 0.1) is 13.7 Å². The normalized spacial score (nSPS) is 10.4. The van der Waals surface area contributed by atoms with Crippen molar-refractivity contribution in [2.45, 2.75) is 33.2 Å². The number of anilines is 1. The van der Waals surface area contributed by atoms with Gasteiger partial charge < -0.3 is 20.1 Å². The Labute approximate surface area is 120 Å². The Bertz CT molecular complexity index is 433. The van der Waals surface area contributed by atoms with Gasteiger partial charge >= 0.3 is 0 Å². The Kier molecular flexibility index (Phi) is 6.87. The van der Waals surface area contributed by atoms with Crippen molar-refractivity contribution in [2.24, 2.45) is 0 Å². The van der Waals surface area contributed by atoms with E-state index in [1.807, 2.05) is 6.92 Å². The summed E-state index contributed by atoms with van der Waals surface area (Å²) in [7, 11) is 1.58. The molecule has 0 heterocycles. The number of carbonyl (C=O) groups excluding carboxylic acids is 1. The van der Waals surface area contributed by atoms with E-state index in [0.717, 1.165) is 0 Å². The molecule has 0 saturated carbocycles. The van der Waals surface area contributed by atoms with Crippen LogP contribution in [-0.2, 0) is 4.79 Å². The molecule has 5 nitrogen and oxygen atoms in total. The SMILES string of the molecule is CCOc1ccc(NC(=O)CCNC(C)C)cc1OC. The predicted octanol–water partition coefficient (Wildman–Crippen LogP) is 2.42. The lowest BCUT2D eigenvalue weighted by Crippen LogP contribution is -2.27. The fourth-order valence-corrected chi connectivity index (χ4v) is 1.72. The molecule has 0 spiro atoms. The maximum atomic E-state index is 11.8. The number of hydrogen-bond acceptors (Lipinski definition) is 4. The smallest absolute Gasteiger partial charge is 0.225 e. The van der Waals surface area contributed by atoms with Crippen LogP contribution < -0.4 is 20.1 Å². The number of carbonyl (C=O) groups is 1. The van der Waals surface area contributed by atoms with E-state index < -0.39 is 0 Å². The fourth-order valence-electron chi connectivity index (χ4n) is 1.72. The summed E-state index contributed by atoms with van der Waals surface area (Å²) in [6, 6.07) is 5.75. The zero-order valence-electron chi connectivity index (χ0n) is 12.7. The van der Waals surface area contributed by atoms with Crippen LogP contribution in [0.2, 0.25) is 0 Å². The van der Waals surface area contributed by atoms with E-state index in [2.05, 4.69) is 24.5 Å². The molecule has 20 heavy (non-hydrogen) atoms. The topological polar surface area (TPSA) is 59.6 Å². The molecule has 0 saturated heterocycles. The molecule has 0 aliphatic carbocycles. The molecule has 0 fully saturated rings. The summed E-state index contributed by atoms with van der Waals surface area (Å²) in [4.78, 5) is 11.8. The van der Waals surface area contributed by atoms with Crippen molar-refractivity contribution in [3.63, 3.8) is 0 Å². The van der Waals surface area contributed by atoms with Gasteiger partial charge in [-0.1, -0.05) is 13.8 Å². The van der Waals surface area contributed by atoms with Gasteiger partial charge in [0.2, 0.25) is 5.91 Å². The molecule has 1 rings (SSSR count). The zero-order chi connectivity index (χ0) is 15.0. The standard InChI is InChI=1S/C15H24N2O3/c1-5-20-13-7-6-12(10-14(13)19-4)17-15(18)8-9-16-11(2)3/h6-7,10-11,16H,5,8-9H2,1-4H3,(H,17,18). The molecule has 0 unspecified atom stereocenters. The third-order valence-electron chi connectivity index (χ3n) is 2.65. The van der Waals surface area contributed by atoms with Gasteiger partial charge in [-0.25, -0.2) is 0 Å². The molecule has 0 radical (unpaired) electrons. The van der Waals surface area contributed by atoms with Gasteiger partial charge in [0, 0.05) is 30.8 Å². The molecule has 0 bridgehead atoms. The van der Waals surface area contributed by atoms with Crippen LogP contribution in [0, 0.1) is 0 Å². The Morgan fingerprint density at radius 2 is 2.05 bits per heavy atom. The quantitative estimate of drug-likeness (QED) is 0.768. The second-order valence-corrected chi connectivity index (χ2v) is 4.71. The maximum absolute atomic E-state index is 11.8. The summed E-state index contributed by atoms with van der Waals surface area (Å²) in [5.41, 5.74) is 0.708. The highest BCUT2D eigenvalue weighted by molar-refractivity contribution is 5.91. The van der Waals surface area contributed by atoms with Crippen molar-refractivity contribution in [1.82, 2.24) is 5.32 Å². The minimum atomic E-state index is -0.0237. The van der Waals surface area contributed by atoms with Crippen molar-refractivity contribution in [1.29, 1.82) is 0 Å². The van der Waals surface area contributed by atoms with Crippen LogP contribution in [0.5, 0.6) is 11.5 Å². The minimum absolute atomic E-state index is 0.0237. The van der Waals surface area contributed by atoms with Crippen molar-refractivity contribution in [3.8, 4) is 11.5 Å². The first kappa shape index (κ1) is 16.3. The molecule has 1 aromatic rings. The van der Waals surface area contributed by atoms with Gasteiger partial charge in [-0.05, 0) is 19.1 Å². The lowest BCUT2D eigenvalue weighted by Gasteiger charge is -2.12. The average molecular weight is 280 g/mol. The predicted molar refractivity (Wildman–Crippen MR) is 80.5 cm³/mol. The molecule has 0 aliphatic rings. The summed E-state index contributed by atoms with van der Waals surface area (Å²) >= 11 is 0. The van der Waals surface area contributed by atoms with Gasteiger partial charge in [-0.2, -0.15) is 0 Å². The highest BCUT2D eigenvalue weighted by atomic mass is 16.5. The largest absolute Gasteiger partial charge is 0.493 e. The second kappa shape index (κ2) is 8.43. The zero-order valence-corrected chi connectivity index (χ0v) is 12.7. The second-order valence-electron chi connectivity index (χ2n) is 4.71. The van der Waals surface area contributed by atoms with Crippen molar-refractivity contribution >= 4 is 11.6 Å². The summed E-state index contributed by atoms with van der Waals surface area (Å²) in [5, 5.41) is 6.05. The molecular formula is C15H24N2O3. The Balaban J connectivity index is 2.57. The first-order valence-electron chi connectivity index (χ1n) is 6.90. The molecular weight excluding hydrogens is 256 g/mol. The first-order valence-corrected chi connectivity index (χ1v) is 6.90. The van der Waals surface area contributed by atoms with Crippen LogP contribution in [-0.4, -0.2) is 32.2 Å². The van der Waals surface area contributed by atoms with Crippen molar-refractivity contribution in [2.75, 3.05) is 25.6 Å². The van der Waals surface area contributed by atoms with Crippen LogP contribution in [0.25, 0.3) is 0 Å². The molecule has 2 N–H and O–H groups in total. The van der Waals surface area contributed by atoms with Crippen molar-refractivity contribution < 1.29 is 14.3 Å². The number of rotatable bonds is 8. The van der Waals surface area contributed by atoms with Crippen molar-refractivity contribution in [3.05, 3.63) is 18.2 Å². The highest BCUT2D eigenvalue weighted by Crippen LogP contribution is 2.30. The van der Waals surface area contributed by atoms with E-state index in [1.165, 1.54) is 0 Å². The number of methoxy groups -OCH3 is 1. The van der Waals surface area contributed by atoms with Crippen LogP contribution in [0.15, 0.2) is 18.2 Å². The van der Waals surface area contributed by atoms with Gasteiger partial charge in [0.25, 0.3) is 0 Å². The lowest BCUT2D eigenvalue weighted by atomic mass is 10.2. The van der Waals surface area contributed by atoms with Crippen LogP contribution in [0.4, 0.5) is 5.69 Å². The minimum Gasteiger partial charge on any atom is -0.493 e. The molecule has 5 heteroatoms. The number of nitrogens with one attached hydrogen (secondary N) is 2. The van der Waals surface area contributed by atoms with E-state index in [0.29, 0.717) is 42.8 Å². The number of amides is 1.